The largest absolute Gasteiger partial charge is 0.315 e. The molecule has 1 atom stereocenters. The summed E-state index contributed by atoms with van der Waals surface area (Å²) in [7, 11) is 1.73. The number of anilines is 1. The third-order valence-corrected chi connectivity index (χ3v) is 5.78. The van der Waals surface area contributed by atoms with Crippen LogP contribution in [0.25, 0.3) is 17.1 Å². The lowest BCUT2D eigenvalue weighted by Gasteiger charge is -2.21. The third-order valence-electron chi connectivity index (χ3n) is 4.75. The predicted octanol–water partition coefficient (Wildman–Crippen LogP) is 4.61. The van der Waals surface area contributed by atoms with E-state index in [1.165, 1.54) is 17.8 Å². The second kappa shape index (κ2) is 9.09. The van der Waals surface area contributed by atoms with Gasteiger partial charge in [0.1, 0.15) is 5.82 Å². The van der Waals surface area contributed by atoms with Crippen LogP contribution in [0.5, 0.6) is 0 Å². The fourth-order valence-electron chi connectivity index (χ4n) is 3.14. The van der Waals surface area contributed by atoms with Gasteiger partial charge in [0.25, 0.3) is 0 Å². The summed E-state index contributed by atoms with van der Waals surface area (Å²) in [5.74, 6) is -0.0475. The van der Waals surface area contributed by atoms with Crippen molar-refractivity contribution in [3.63, 3.8) is 0 Å². The number of rotatable bonds is 6. The molecule has 0 spiro atoms. The number of aromatic nitrogens is 4. The number of carbonyl (C=O) groups excluding carboxylic acids is 1. The van der Waals surface area contributed by atoms with Gasteiger partial charge in [-0.15, -0.1) is 10.2 Å². The lowest BCUT2D eigenvalue weighted by atomic mass is 10.2. The molecular formula is C23H20FN5OS. The van der Waals surface area contributed by atoms with Gasteiger partial charge in [0.2, 0.25) is 5.91 Å². The van der Waals surface area contributed by atoms with Crippen LogP contribution in [0.3, 0.4) is 0 Å². The molecule has 8 heteroatoms. The number of hydrogen-bond acceptors (Lipinski definition) is 5. The summed E-state index contributed by atoms with van der Waals surface area (Å²) in [4.78, 5) is 18.7. The van der Waals surface area contributed by atoms with Gasteiger partial charge in [-0.2, -0.15) is 0 Å². The lowest BCUT2D eigenvalue weighted by Crippen LogP contribution is -2.33. The minimum absolute atomic E-state index is 0.0952. The van der Waals surface area contributed by atoms with Crippen LogP contribution in [0.1, 0.15) is 6.92 Å². The molecule has 0 aliphatic heterocycles. The zero-order chi connectivity index (χ0) is 21.8. The van der Waals surface area contributed by atoms with E-state index in [0.29, 0.717) is 22.2 Å². The summed E-state index contributed by atoms with van der Waals surface area (Å²) < 4.78 is 16.3. The third kappa shape index (κ3) is 4.34. The smallest absolute Gasteiger partial charge is 0.240 e. The molecule has 6 nitrogen and oxygen atoms in total. The van der Waals surface area contributed by atoms with Crippen molar-refractivity contribution in [1.29, 1.82) is 0 Å². The number of hydrogen-bond donors (Lipinski definition) is 0. The minimum atomic E-state index is -0.471. The highest BCUT2D eigenvalue weighted by Crippen LogP contribution is 2.31. The van der Waals surface area contributed by atoms with E-state index < -0.39 is 11.1 Å². The molecule has 31 heavy (non-hydrogen) atoms. The SMILES string of the molecule is C[C@H](Sc1nnc(-c2cccnc2)n1-c1ccccc1F)C(=O)N(C)c1ccccc1. The fraction of sp³-hybridized carbons (Fsp3) is 0.130. The van der Waals surface area contributed by atoms with Crippen molar-refractivity contribution in [2.75, 3.05) is 11.9 Å². The molecule has 4 aromatic rings. The molecule has 2 heterocycles. The average Bonchev–Trinajstić information content (AvgIpc) is 3.22. The van der Waals surface area contributed by atoms with Crippen molar-refractivity contribution >= 4 is 23.4 Å². The van der Waals surface area contributed by atoms with Gasteiger partial charge in [-0.25, -0.2) is 4.39 Å². The molecule has 2 aromatic carbocycles. The fourth-order valence-corrected chi connectivity index (χ4v) is 4.09. The van der Waals surface area contributed by atoms with Gasteiger partial charge in [0.15, 0.2) is 11.0 Å². The second-order valence-electron chi connectivity index (χ2n) is 6.83. The van der Waals surface area contributed by atoms with Gasteiger partial charge in [-0.3, -0.25) is 14.3 Å². The predicted molar refractivity (Wildman–Crippen MR) is 120 cm³/mol. The van der Waals surface area contributed by atoms with Crippen molar-refractivity contribution in [3.05, 3.63) is 84.9 Å². The van der Waals surface area contributed by atoms with Crippen LogP contribution in [0.4, 0.5) is 10.1 Å². The highest BCUT2D eigenvalue weighted by molar-refractivity contribution is 8.00. The molecule has 4 rings (SSSR count). The Kier molecular flexibility index (Phi) is 6.08. The van der Waals surface area contributed by atoms with E-state index in [2.05, 4.69) is 15.2 Å². The summed E-state index contributed by atoms with van der Waals surface area (Å²) in [6.07, 6.45) is 3.30. The maximum atomic E-state index is 14.7. The molecule has 0 saturated carbocycles. The van der Waals surface area contributed by atoms with E-state index in [1.807, 2.05) is 36.4 Å². The second-order valence-corrected chi connectivity index (χ2v) is 8.14. The van der Waals surface area contributed by atoms with Crippen LogP contribution in [-0.2, 0) is 4.79 Å². The van der Waals surface area contributed by atoms with Crippen LogP contribution in [-0.4, -0.2) is 38.0 Å². The summed E-state index contributed by atoms with van der Waals surface area (Å²) in [5, 5.41) is 8.51. The maximum Gasteiger partial charge on any atom is 0.240 e. The van der Waals surface area contributed by atoms with Gasteiger partial charge in [-0.1, -0.05) is 42.1 Å². The summed E-state index contributed by atoms with van der Waals surface area (Å²) >= 11 is 1.23. The van der Waals surface area contributed by atoms with Crippen molar-refractivity contribution < 1.29 is 9.18 Å². The van der Waals surface area contributed by atoms with Crippen LogP contribution in [0.15, 0.2) is 84.3 Å². The Morgan fingerprint density at radius 2 is 1.77 bits per heavy atom. The van der Waals surface area contributed by atoms with Crippen molar-refractivity contribution in [2.24, 2.45) is 0 Å². The summed E-state index contributed by atoms with van der Waals surface area (Å²) in [6.45, 7) is 1.80. The van der Waals surface area contributed by atoms with E-state index >= 15 is 0 Å². The Balaban J connectivity index is 1.69. The Labute approximate surface area is 183 Å². The van der Waals surface area contributed by atoms with Crippen LogP contribution < -0.4 is 4.90 Å². The molecule has 0 unspecified atom stereocenters. The molecule has 2 aromatic heterocycles. The van der Waals surface area contributed by atoms with Crippen LogP contribution in [0, 0.1) is 5.82 Å². The first-order valence-electron chi connectivity index (χ1n) is 9.66. The molecular weight excluding hydrogens is 413 g/mol. The van der Waals surface area contributed by atoms with E-state index in [-0.39, 0.29) is 5.91 Å². The molecule has 0 fully saturated rings. The number of halogens is 1. The quantitative estimate of drug-likeness (QED) is 0.416. The Morgan fingerprint density at radius 1 is 1.03 bits per heavy atom. The van der Waals surface area contributed by atoms with E-state index in [1.54, 1.807) is 60.1 Å². The average molecular weight is 434 g/mol. The lowest BCUT2D eigenvalue weighted by molar-refractivity contribution is -0.117. The number of para-hydroxylation sites is 2. The van der Waals surface area contributed by atoms with Gasteiger partial charge < -0.3 is 4.90 Å². The van der Waals surface area contributed by atoms with E-state index in [4.69, 9.17) is 0 Å². The maximum absolute atomic E-state index is 14.7. The molecule has 1 amide bonds. The Hall–Kier alpha value is -3.52. The number of nitrogens with zero attached hydrogens (tertiary/aromatic N) is 5. The molecule has 0 aliphatic rings. The van der Waals surface area contributed by atoms with Crippen LogP contribution in [0.2, 0.25) is 0 Å². The van der Waals surface area contributed by atoms with Crippen LogP contribution >= 0.6 is 11.8 Å². The number of amides is 1. The number of pyridine rings is 1. The highest BCUT2D eigenvalue weighted by Gasteiger charge is 2.25. The summed E-state index contributed by atoms with van der Waals surface area (Å²) in [6, 6.07) is 19.4. The zero-order valence-electron chi connectivity index (χ0n) is 17.0. The standard InChI is InChI=1S/C23H20FN5OS/c1-16(22(30)28(2)18-10-4-3-5-11-18)31-23-27-26-21(17-9-8-14-25-15-17)29(23)20-13-7-6-12-19(20)24/h3-16H,1-2H3/t16-/m0/s1. The monoisotopic (exact) mass is 433 g/mol. The Morgan fingerprint density at radius 3 is 2.48 bits per heavy atom. The first-order chi connectivity index (χ1) is 15.1. The molecule has 0 saturated heterocycles. The molecule has 156 valence electrons. The minimum Gasteiger partial charge on any atom is -0.315 e. The van der Waals surface area contributed by atoms with Gasteiger partial charge >= 0.3 is 0 Å². The molecule has 0 aliphatic carbocycles. The van der Waals surface area contributed by atoms with Gasteiger partial charge in [-0.05, 0) is 43.3 Å². The number of carbonyl (C=O) groups is 1. The summed E-state index contributed by atoms with van der Waals surface area (Å²) in [5.41, 5.74) is 1.81. The van der Waals surface area contributed by atoms with Crippen molar-refractivity contribution in [2.45, 2.75) is 17.3 Å². The van der Waals surface area contributed by atoms with Crippen molar-refractivity contribution in [3.8, 4) is 17.1 Å². The highest BCUT2D eigenvalue weighted by atomic mass is 32.2. The normalized spacial score (nSPS) is 11.8. The number of benzene rings is 2. The van der Waals surface area contributed by atoms with Crippen molar-refractivity contribution in [1.82, 2.24) is 19.7 Å². The number of thioether (sulfide) groups is 1. The zero-order valence-corrected chi connectivity index (χ0v) is 17.8. The molecule has 0 radical (unpaired) electrons. The first-order valence-corrected chi connectivity index (χ1v) is 10.5. The van der Waals surface area contributed by atoms with E-state index in [9.17, 15) is 9.18 Å². The van der Waals surface area contributed by atoms with Gasteiger partial charge in [0.05, 0.1) is 10.9 Å². The van der Waals surface area contributed by atoms with E-state index in [0.717, 1.165) is 5.69 Å². The molecule has 0 N–H and O–H groups in total. The topological polar surface area (TPSA) is 63.9 Å². The Bertz CT molecular complexity index is 1180. The molecule has 0 bridgehead atoms. The first kappa shape index (κ1) is 20.7. The van der Waals surface area contributed by atoms with Gasteiger partial charge in [0, 0.05) is 30.7 Å².